The zero-order valence-corrected chi connectivity index (χ0v) is 37.2. The van der Waals surface area contributed by atoms with Crippen molar-refractivity contribution in [2.24, 2.45) is 20.8 Å². The topological polar surface area (TPSA) is 201 Å². The lowest BCUT2D eigenvalue weighted by atomic mass is 9.81. The number of hydrogen-bond acceptors (Lipinski definition) is 9. The number of aliphatic imine (C=N–C) groups is 2. The second-order valence-corrected chi connectivity index (χ2v) is 18.9. The summed E-state index contributed by atoms with van der Waals surface area (Å²) in [5.74, 6) is 0.187. The third-order valence-electron chi connectivity index (χ3n) is 10.5. The van der Waals surface area contributed by atoms with E-state index in [1.54, 1.807) is 74.3 Å². The van der Waals surface area contributed by atoms with Gasteiger partial charge in [-0.05, 0) is 142 Å². The van der Waals surface area contributed by atoms with Crippen LogP contribution in [-0.4, -0.2) is 83.9 Å². The van der Waals surface area contributed by atoms with Crippen molar-refractivity contribution >= 4 is 59.0 Å². The van der Waals surface area contributed by atoms with Gasteiger partial charge in [0.15, 0.2) is 0 Å². The Kier molecular flexibility index (Phi) is 13.9. The first-order valence-corrected chi connectivity index (χ1v) is 20.7. The molecule has 16 heteroatoms. The predicted molar refractivity (Wildman–Crippen MR) is 235 cm³/mol. The monoisotopic (exact) mass is 842 g/mol. The van der Waals surface area contributed by atoms with E-state index in [0.717, 1.165) is 16.7 Å². The molecule has 61 heavy (non-hydrogen) atoms. The molecule has 0 spiro atoms. The van der Waals surface area contributed by atoms with Crippen LogP contribution in [0.15, 0.2) is 64.6 Å². The molecule has 0 radical (unpaired) electrons. The largest absolute Gasteiger partial charge is 0.444 e. The summed E-state index contributed by atoms with van der Waals surface area (Å²) >= 11 is 0. The molecule has 1 heterocycles. The first-order valence-electron chi connectivity index (χ1n) is 20.7. The summed E-state index contributed by atoms with van der Waals surface area (Å²) < 4.78 is 16.1. The number of alkyl carbamates (subject to hydrolysis) is 2. The molecular formula is C45H62N8O8. The quantitative estimate of drug-likeness (QED) is 0.104. The Labute approximate surface area is 358 Å². The van der Waals surface area contributed by atoms with E-state index in [9.17, 15) is 24.0 Å². The van der Waals surface area contributed by atoms with Gasteiger partial charge in [-0.1, -0.05) is 30.3 Å². The third-order valence-corrected chi connectivity index (χ3v) is 10.5. The van der Waals surface area contributed by atoms with Crippen molar-refractivity contribution in [2.75, 3.05) is 30.8 Å². The van der Waals surface area contributed by atoms with Crippen LogP contribution in [0.25, 0.3) is 5.57 Å². The Bertz CT molecular complexity index is 2050. The van der Waals surface area contributed by atoms with Crippen molar-refractivity contribution in [2.45, 2.75) is 124 Å². The number of ether oxygens (including phenoxy) is 3. The number of carbonyl (C=O) groups excluding carboxylic acids is 5. The van der Waals surface area contributed by atoms with Crippen LogP contribution < -0.4 is 26.6 Å². The Morgan fingerprint density at radius 3 is 1.64 bits per heavy atom. The van der Waals surface area contributed by atoms with Crippen LogP contribution >= 0.6 is 0 Å². The van der Waals surface area contributed by atoms with Crippen molar-refractivity contribution < 1.29 is 38.2 Å². The van der Waals surface area contributed by atoms with Gasteiger partial charge in [0, 0.05) is 38.1 Å². The number of guanidine groups is 2. The molecule has 2 bridgehead atoms. The number of benzene rings is 2. The Morgan fingerprint density at radius 2 is 1.18 bits per heavy atom. The molecule has 5 N–H and O–H groups in total. The Morgan fingerprint density at radius 1 is 0.689 bits per heavy atom. The van der Waals surface area contributed by atoms with Gasteiger partial charge in [0.1, 0.15) is 16.8 Å². The van der Waals surface area contributed by atoms with Crippen LogP contribution in [0.1, 0.15) is 112 Å². The zero-order valence-electron chi connectivity index (χ0n) is 37.2. The molecule has 2 aliphatic carbocycles. The van der Waals surface area contributed by atoms with Gasteiger partial charge < -0.3 is 35.1 Å². The molecule has 1 aliphatic heterocycles. The second-order valence-electron chi connectivity index (χ2n) is 18.9. The number of anilines is 2. The van der Waals surface area contributed by atoms with Crippen LogP contribution in [0.5, 0.6) is 0 Å². The lowest BCUT2D eigenvalue weighted by Crippen LogP contribution is -2.48. The molecule has 5 amide bonds. The van der Waals surface area contributed by atoms with Gasteiger partial charge in [-0.2, -0.15) is 0 Å². The molecule has 3 aliphatic rings. The van der Waals surface area contributed by atoms with E-state index in [1.807, 2.05) is 54.6 Å². The lowest BCUT2D eigenvalue weighted by Gasteiger charge is -2.30. The van der Waals surface area contributed by atoms with Gasteiger partial charge in [-0.15, -0.1) is 4.99 Å². The number of rotatable bonds is 7. The summed E-state index contributed by atoms with van der Waals surface area (Å²) in [5, 5.41) is 14.5. The van der Waals surface area contributed by atoms with Crippen molar-refractivity contribution in [3.63, 3.8) is 0 Å². The minimum Gasteiger partial charge on any atom is -0.444 e. The Hall–Kier alpha value is -5.93. The SMILES string of the molecule is CN=C(NCc1ccc(NC(=O)C23CCC(C(=O)Nc4ccc(C5=CCN(C(=NC(=O)OC(C)(C)C)NC(=O)OC(C)(C)C)CC5)cc4)(CC2)C3)cc1)NC(=O)OC(C)(C)C. The molecular weight excluding hydrogens is 781 g/mol. The van der Waals surface area contributed by atoms with Gasteiger partial charge in [-0.25, -0.2) is 14.4 Å². The molecule has 0 aromatic heterocycles. The van der Waals surface area contributed by atoms with Crippen molar-refractivity contribution in [3.05, 3.63) is 65.7 Å². The van der Waals surface area contributed by atoms with Crippen LogP contribution in [-0.2, 0) is 30.3 Å². The van der Waals surface area contributed by atoms with Gasteiger partial charge in [-0.3, -0.25) is 25.2 Å². The van der Waals surface area contributed by atoms with Gasteiger partial charge in [0.2, 0.25) is 23.7 Å². The summed E-state index contributed by atoms with van der Waals surface area (Å²) in [6, 6.07) is 15.1. The number of nitrogens with zero attached hydrogens (tertiary/aromatic N) is 3. The molecule has 16 nitrogen and oxygen atoms in total. The zero-order chi connectivity index (χ0) is 44.8. The van der Waals surface area contributed by atoms with E-state index < -0.39 is 45.9 Å². The summed E-state index contributed by atoms with van der Waals surface area (Å²) in [4.78, 5) is 74.8. The first kappa shape index (κ1) is 46.1. The molecule has 0 unspecified atom stereocenters. The Balaban J connectivity index is 1.13. The highest BCUT2D eigenvalue weighted by Gasteiger charge is 2.61. The maximum atomic E-state index is 13.8. The normalized spacial score (nSPS) is 20.6. The second kappa shape index (κ2) is 18.4. The molecule has 330 valence electrons. The number of fused-ring (bicyclic) bond motifs is 2. The smallest absolute Gasteiger partial charge is 0.437 e. The fraction of sp³-hybridized carbons (Fsp3) is 0.533. The van der Waals surface area contributed by atoms with E-state index in [0.29, 0.717) is 69.5 Å². The van der Waals surface area contributed by atoms with Gasteiger partial charge in [0.05, 0.1) is 10.8 Å². The van der Waals surface area contributed by atoms with Gasteiger partial charge >= 0.3 is 18.3 Å². The standard InChI is InChI=1S/C45H62N8O8/c1-41(2,3)59-38(56)50-36(46-10)47-27-29-11-15-32(16-12-29)48-34(54)44-21-23-45(28-44,24-22-44)35(55)49-33-17-13-30(14-18-33)31-19-25-53(26-20-31)37(51-39(57)60-42(4,5)6)52-40(58)61-43(7,8)9/h11-19H,20-28H2,1-10H3,(H,48,54)(H,49,55)(H2,46,47,50,56)(H,51,52,57,58). The first-order chi connectivity index (χ1) is 28.5. The molecule has 2 saturated carbocycles. The van der Waals surface area contributed by atoms with Crippen LogP contribution in [0, 0.1) is 10.8 Å². The minimum atomic E-state index is -0.822. The third kappa shape index (κ3) is 13.0. The minimum absolute atomic E-state index is 0.0456. The predicted octanol–water partition coefficient (Wildman–Crippen LogP) is 7.72. The molecule has 0 saturated heterocycles. The molecule has 2 aromatic carbocycles. The highest BCUT2D eigenvalue weighted by molar-refractivity contribution is 6.01. The van der Waals surface area contributed by atoms with E-state index in [-0.39, 0.29) is 23.7 Å². The van der Waals surface area contributed by atoms with Crippen molar-refractivity contribution in [3.8, 4) is 0 Å². The van der Waals surface area contributed by atoms with Crippen LogP contribution in [0.4, 0.5) is 25.8 Å². The van der Waals surface area contributed by atoms with E-state index >= 15 is 0 Å². The molecule has 0 atom stereocenters. The summed E-state index contributed by atoms with van der Waals surface area (Å²) in [7, 11) is 1.56. The van der Waals surface area contributed by atoms with Gasteiger partial charge in [0.25, 0.3) is 0 Å². The average molecular weight is 843 g/mol. The fourth-order valence-corrected chi connectivity index (χ4v) is 7.66. The molecule has 2 fully saturated rings. The maximum absolute atomic E-state index is 13.8. The summed E-state index contributed by atoms with van der Waals surface area (Å²) in [6.07, 6.45) is 3.51. The van der Waals surface area contributed by atoms with Crippen LogP contribution in [0.3, 0.4) is 0 Å². The molecule has 2 aromatic rings. The maximum Gasteiger partial charge on any atom is 0.437 e. The summed E-state index contributed by atoms with van der Waals surface area (Å²) in [6.45, 7) is 17.0. The van der Waals surface area contributed by atoms with Crippen molar-refractivity contribution in [1.29, 1.82) is 0 Å². The average Bonchev–Trinajstić information content (AvgIpc) is 3.75. The fourth-order valence-electron chi connectivity index (χ4n) is 7.66. The number of nitrogens with one attached hydrogen (secondary N) is 5. The van der Waals surface area contributed by atoms with Crippen LogP contribution in [0.2, 0.25) is 0 Å². The lowest BCUT2D eigenvalue weighted by molar-refractivity contribution is -0.125. The van der Waals surface area contributed by atoms with E-state index in [2.05, 4.69) is 36.6 Å². The number of carbonyl (C=O) groups is 5. The molecule has 5 rings (SSSR count). The van der Waals surface area contributed by atoms with E-state index in [4.69, 9.17) is 14.2 Å². The number of hydrogen-bond donors (Lipinski definition) is 5. The van der Waals surface area contributed by atoms with E-state index in [1.165, 1.54) is 0 Å². The highest BCUT2D eigenvalue weighted by atomic mass is 16.6. The number of amides is 5. The summed E-state index contributed by atoms with van der Waals surface area (Å²) in [5.41, 5.74) is 0.964. The van der Waals surface area contributed by atoms with Crippen molar-refractivity contribution in [1.82, 2.24) is 20.9 Å². The highest BCUT2D eigenvalue weighted by Crippen LogP contribution is 2.62.